The van der Waals surface area contributed by atoms with Crippen LogP contribution in [0.5, 0.6) is 0 Å². The number of sulfone groups is 2. The van der Waals surface area contributed by atoms with Crippen LogP contribution in [0.3, 0.4) is 0 Å². The summed E-state index contributed by atoms with van der Waals surface area (Å²) in [5, 5.41) is 0. The number of likely N-dealkylation sites (tertiary alicyclic amines) is 1. The summed E-state index contributed by atoms with van der Waals surface area (Å²) < 4.78 is 48.4. The molecule has 0 aliphatic carbocycles. The Hall–Kier alpha value is -0.960. The lowest BCUT2D eigenvalue weighted by atomic mass is 10.00. The van der Waals surface area contributed by atoms with Gasteiger partial charge in [0.25, 0.3) is 0 Å². The molecule has 8 heteroatoms. The van der Waals surface area contributed by atoms with Gasteiger partial charge in [-0.05, 0) is 37.6 Å². The maximum Gasteiger partial charge on any atom is 0.177 e. The predicted molar refractivity (Wildman–Crippen MR) is 85.2 cm³/mol. The van der Waals surface area contributed by atoms with Gasteiger partial charge in [-0.1, -0.05) is 12.1 Å². The fourth-order valence-electron chi connectivity index (χ4n) is 3.12. The number of hydrogen-bond acceptors (Lipinski definition) is 6. The van der Waals surface area contributed by atoms with E-state index < -0.39 is 19.7 Å². The Balaban J connectivity index is 2.68. The topological polar surface area (TPSA) is 97.5 Å². The molecular weight excluding hydrogens is 324 g/mol. The second kappa shape index (κ2) is 5.92. The smallest absolute Gasteiger partial charge is 0.177 e. The Morgan fingerprint density at radius 2 is 1.82 bits per heavy atom. The molecule has 1 saturated heterocycles. The SMILES string of the molecule is CN1CC(CN)CC1c1cccc(S(C)(=O)=O)c1S(C)(=O)=O. The summed E-state index contributed by atoms with van der Waals surface area (Å²) in [5.74, 6) is 0.282. The largest absolute Gasteiger partial charge is 0.330 e. The molecule has 2 N–H and O–H groups in total. The summed E-state index contributed by atoms with van der Waals surface area (Å²) in [6, 6.07) is 4.51. The highest BCUT2D eigenvalue weighted by molar-refractivity contribution is 7.93. The van der Waals surface area contributed by atoms with Crippen molar-refractivity contribution in [1.29, 1.82) is 0 Å². The molecule has 2 unspecified atom stereocenters. The van der Waals surface area contributed by atoms with Crippen LogP contribution in [0.15, 0.2) is 28.0 Å². The normalized spacial score (nSPS) is 23.8. The fraction of sp³-hybridized carbons (Fsp3) is 0.571. The molecule has 0 amide bonds. The van der Waals surface area contributed by atoms with E-state index in [1.54, 1.807) is 12.1 Å². The van der Waals surface area contributed by atoms with Crippen molar-refractivity contribution in [3.8, 4) is 0 Å². The molecule has 1 fully saturated rings. The Morgan fingerprint density at radius 1 is 1.18 bits per heavy atom. The van der Waals surface area contributed by atoms with E-state index in [1.165, 1.54) is 6.07 Å². The summed E-state index contributed by atoms with van der Waals surface area (Å²) in [5.41, 5.74) is 6.26. The number of rotatable bonds is 4. The second-order valence-electron chi connectivity index (χ2n) is 6.01. The third-order valence-electron chi connectivity index (χ3n) is 4.11. The monoisotopic (exact) mass is 346 g/mol. The highest BCUT2D eigenvalue weighted by atomic mass is 32.2. The van der Waals surface area contributed by atoms with Crippen LogP contribution in [0.1, 0.15) is 18.0 Å². The van der Waals surface area contributed by atoms with Gasteiger partial charge in [0.2, 0.25) is 0 Å². The zero-order valence-corrected chi connectivity index (χ0v) is 14.6. The van der Waals surface area contributed by atoms with Gasteiger partial charge in [0.05, 0.1) is 9.79 Å². The molecule has 1 aromatic rings. The minimum atomic E-state index is -3.67. The van der Waals surface area contributed by atoms with Crippen LogP contribution in [-0.2, 0) is 19.7 Å². The lowest BCUT2D eigenvalue weighted by molar-refractivity contribution is 0.309. The fourth-order valence-corrected chi connectivity index (χ4v) is 5.88. The molecular formula is C14H22N2O4S2. The van der Waals surface area contributed by atoms with E-state index in [4.69, 9.17) is 5.73 Å². The Bertz CT molecular complexity index is 772. The molecule has 1 heterocycles. The number of hydrogen-bond donors (Lipinski definition) is 1. The van der Waals surface area contributed by atoms with Crippen LogP contribution in [0.2, 0.25) is 0 Å². The molecule has 0 saturated carbocycles. The van der Waals surface area contributed by atoms with E-state index in [9.17, 15) is 16.8 Å². The minimum absolute atomic E-state index is 0.0768. The van der Waals surface area contributed by atoms with Gasteiger partial charge in [-0.3, -0.25) is 4.90 Å². The van der Waals surface area contributed by atoms with Gasteiger partial charge in [-0.15, -0.1) is 0 Å². The van der Waals surface area contributed by atoms with Crippen molar-refractivity contribution in [2.24, 2.45) is 11.7 Å². The number of nitrogens with two attached hydrogens (primary N) is 1. The standard InChI is InChI=1S/C14H22N2O4S2/c1-16-9-10(8-15)7-12(16)11-5-4-6-13(21(2,17)18)14(11)22(3,19)20/h4-6,10,12H,7-9,15H2,1-3H3. The molecule has 2 rings (SSSR count). The van der Waals surface area contributed by atoms with Gasteiger partial charge in [0.15, 0.2) is 19.7 Å². The number of benzene rings is 1. The maximum absolute atomic E-state index is 12.2. The van der Waals surface area contributed by atoms with Gasteiger partial charge in [-0.2, -0.15) is 0 Å². The van der Waals surface area contributed by atoms with Crippen LogP contribution in [0, 0.1) is 5.92 Å². The molecule has 0 bridgehead atoms. The first-order valence-corrected chi connectivity index (χ1v) is 10.8. The highest BCUT2D eigenvalue weighted by Crippen LogP contribution is 2.38. The third-order valence-corrected chi connectivity index (χ3v) is 6.57. The molecule has 0 aromatic heterocycles. The first kappa shape index (κ1) is 17.4. The Morgan fingerprint density at radius 3 is 2.27 bits per heavy atom. The summed E-state index contributed by atoms with van der Waals surface area (Å²) in [6.07, 6.45) is 2.81. The van der Waals surface area contributed by atoms with Gasteiger partial charge in [0.1, 0.15) is 0 Å². The molecule has 0 radical (unpaired) electrons. The molecule has 1 aliphatic rings. The van der Waals surface area contributed by atoms with Crippen molar-refractivity contribution in [1.82, 2.24) is 4.90 Å². The van der Waals surface area contributed by atoms with Crippen LogP contribution in [-0.4, -0.2) is 54.4 Å². The molecule has 1 aromatic carbocycles. The molecule has 2 atom stereocenters. The van der Waals surface area contributed by atoms with Crippen molar-refractivity contribution < 1.29 is 16.8 Å². The summed E-state index contributed by atoms with van der Waals surface area (Å²) in [7, 11) is -5.39. The van der Waals surface area contributed by atoms with Crippen LogP contribution >= 0.6 is 0 Å². The average molecular weight is 346 g/mol. The average Bonchev–Trinajstić information content (AvgIpc) is 2.77. The molecule has 0 spiro atoms. The summed E-state index contributed by atoms with van der Waals surface area (Å²) in [4.78, 5) is 1.83. The maximum atomic E-state index is 12.2. The second-order valence-corrected chi connectivity index (χ2v) is 9.95. The van der Waals surface area contributed by atoms with E-state index in [1.807, 2.05) is 11.9 Å². The molecule has 124 valence electrons. The van der Waals surface area contributed by atoms with E-state index in [0.29, 0.717) is 12.1 Å². The third kappa shape index (κ3) is 3.34. The zero-order valence-electron chi connectivity index (χ0n) is 13.0. The molecule has 22 heavy (non-hydrogen) atoms. The summed E-state index contributed by atoms with van der Waals surface area (Å²) >= 11 is 0. The first-order valence-electron chi connectivity index (χ1n) is 6.99. The lowest BCUT2D eigenvalue weighted by Gasteiger charge is -2.23. The van der Waals surface area contributed by atoms with Gasteiger partial charge >= 0.3 is 0 Å². The van der Waals surface area contributed by atoms with Crippen molar-refractivity contribution >= 4 is 19.7 Å². The van der Waals surface area contributed by atoms with E-state index >= 15 is 0 Å². The lowest BCUT2D eigenvalue weighted by Crippen LogP contribution is -2.22. The molecule has 1 aliphatic heterocycles. The van der Waals surface area contributed by atoms with Crippen LogP contribution in [0.25, 0.3) is 0 Å². The van der Waals surface area contributed by atoms with Crippen molar-refractivity contribution in [2.45, 2.75) is 22.3 Å². The quantitative estimate of drug-likeness (QED) is 0.850. The zero-order chi connectivity index (χ0) is 16.7. The Labute approximate surface area is 132 Å². The minimum Gasteiger partial charge on any atom is -0.330 e. The van der Waals surface area contributed by atoms with Crippen molar-refractivity contribution in [3.63, 3.8) is 0 Å². The molecule has 6 nitrogen and oxygen atoms in total. The van der Waals surface area contributed by atoms with Crippen molar-refractivity contribution in [3.05, 3.63) is 23.8 Å². The van der Waals surface area contributed by atoms with Gasteiger partial charge in [-0.25, -0.2) is 16.8 Å². The van der Waals surface area contributed by atoms with Crippen molar-refractivity contribution in [2.75, 3.05) is 32.6 Å². The van der Waals surface area contributed by atoms with E-state index in [-0.39, 0.29) is 21.8 Å². The predicted octanol–water partition coefficient (Wildman–Crippen LogP) is 0.445. The van der Waals surface area contributed by atoms with E-state index in [0.717, 1.165) is 25.5 Å². The first-order chi connectivity index (χ1) is 10.1. The van der Waals surface area contributed by atoms with Gasteiger partial charge < -0.3 is 5.73 Å². The van der Waals surface area contributed by atoms with Crippen LogP contribution in [0.4, 0.5) is 0 Å². The number of nitrogens with zero attached hydrogens (tertiary/aromatic N) is 1. The van der Waals surface area contributed by atoms with Gasteiger partial charge in [0, 0.05) is 25.1 Å². The Kier molecular flexibility index (Phi) is 4.68. The summed E-state index contributed by atoms with van der Waals surface area (Å²) in [6.45, 7) is 1.30. The highest BCUT2D eigenvalue weighted by Gasteiger charge is 2.34. The van der Waals surface area contributed by atoms with Crippen LogP contribution < -0.4 is 5.73 Å². The van der Waals surface area contributed by atoms with E-state index in [2.05, 4.69) is 0 Å².